The molecule has 1 aromatic heterocycles. The number of nitrogens with two attached hydrogens (primary N) is 1. The molecule has 1 aromatic carbocycles. The van der Waals surface area contributed by atoms with E-state index in [1.807, 2.05) is 5.38 Å². The summed E-state index contributed by atoms with van der Waals surface area (Å²) in [7, 11) is 0. The van der Waals surface area contributed by atoms with E-state index in [0.717, 1.165) is 17.8 Å². The molecule has 0 saturated carbocycles. The first-order valence-electron chi connectivity index (χ1n) is 5.89. The third-order valence-electron chi connectivity index (χ3n) is 2.53. The second-order valence-corrected chi connectivity index (χ2v) is 4.84. The molecular formula is C13H14F2N2OS. The topological polar surface area (TPSA) is 48.1 Å². The Morgan fingerprint density at radius 1 is 1.32 bits per heavy atom. The van der Waals surface area contributed by atoms with Crippen molar-refractivity contribution < 1.29 is 13.5 Å². The van der Waals surface area contributed by atoms with Gasteiger partial charge in [0.05, 0.1) is 10.7 Å². The minimum Gasteiger partial charge on any atom is -0.434 e. The average Bonchev–Trinajstić information content (AvgIpc) is 2.85. The number of aromatic nitrogens is 1. The van der Waals surface area contributed by atoms with Crippen molar-refractivity contribution in [1.82, 2.24) is 4.98 Å². The zero-order chi connectivity index (χ0) is 13.7. The number of halogens is 2. The van der Waals surface area contributed by atoms with Crippen molar-refractivity contribution in [1.29, 1.82) is 0 Å². The van der Waals surface area contributed by atoms with Gasteiger partial charge in [0.15, 0.2) is 0 Å². The Morgan fingerprint density at radius 3 is 2.84 bits per heavy atom. The molecule has 0 aliphatic carbocycles. The van der Waals surface area contributed by atoms with Gasteiger partial charge in [0, 0.05) is 17.4 Å². The molecule has 2 aromatic rings. The SMILES string of the molecule is NCCCc1nc(-c2ccccc2OC(F)F)cs1. The minimum atomic E-state index is -2.84. The summed E-state index contributed by atoms with van der Waals surface area (Å²) in [4.78, 5) is 4.42. The molecule has 0 fully saturated rings. The first kappa shape index (κ1) is 13.9. The van der Waals surface area contributed by atoms with Crippen molar-refractivity contribution in [3.05, 3.63) is 34.7 Å². The average molecular weight is 284 g/mol. The van der Waals surface area contributed by atoms with Gasteiger partial charge in [0.25, 0.3) is 0 Å². The van der Waals surface area contributed by atoms with Gasteiger partial charge in [0.1, 0.15) is 5.75 Å². The summed E-state index contributed by atoms with van der Waals surface area (Å²) in [6, 6.07) is 6.66. The number of para-hydroxylation sites is 1. The maximum Gasteiger partial charge on any atom is 0.387 e. The van der Waals surface area contributed by atoms with Crippen LogP contribution in [0.1, 0.15) is 11.4 Å². The highest BCUT2D eigenvalue weighted by atomic mass is 32.1. The Kier molecular flexibility index (Phi) is 4.81. The van der Waals surface area contributed by atoms with Gasteiger partial charge < -0.3 is 10.5 Å². The highest BCUT2D eigenvalue weighted by Crippen LogP contribution is 2.31. The zero-order valence-electron chi connectivity index (χ0n) is 10.2. The number of ether oxygens (including phenoxy) is 1. The summed E-state index contributed by atoms with van der Waals surface area (Å²) in [5, 5.41) is 2.80. The predicted molar refractivity (Wildman–Crippen MR) is 71.6 cm³/mol. The van der Waals surface area contributed by atoms with Gasteiger partial charge in [-0.1, -0.05) is 12.1 Å². The molecule has 2 N–H and O–H groups in total. The van der Waals surface area contributed by atoms with Crippen molar-refractivity contribution in [3.63, 3.8) is 0 Å². The lowest BCUT2D eigenvalue weighted by atomic mass is 10.1. The lowest BCUT2D eigenvalue weighted by Crippen LogP contribution is -2.03. The van der Waals surface area contributed by atoms with Crippen molar-refractivity contribution in [2.45, 2.75) is 19.5 Å². The quantitative estimate of drug-likeness (QED) is 0.885. The van der Waals surface area contributed by atoms with E-state index < -0.39 is 6.61 Å². The fourth-order valence-corrected chi connectivity index (χ4v) is 2.52. The van der Waals surface area contributed by atoms with Crippen LogP contribution < -0.4 is 10.5 Å². The van der Waals surface area contributed by atoms with Gasteiger partial charge in [0.2, 0.25) is 0 Å². The second-order valence-electron chi connectivity index (χ2n) is 3.89. The van der Waals surface area contributed by atoms with Gasteiger partial charge in [-0.25, -0.2) is 4.98 Å². The monoisotopic (exact) mass is 284 g/mol. The van der Waals surface area contributed by atoms with Crippen molar-refractivity contribution in [3.8, 4) is 17.0 Å². The highest BCUT2D eigenvalue weighted by molar-refractivity contribution is 7.09. The lowest BCUT2D eigenvalue weighted by molar-refractivity contribution is -0.0494. The van der Waals surface area contributed by atoms with Crippen molar-refractivity contribution in [2.75, 3.05) is 6.54 Å². The number of rotatable bonds is 6. The second kappa shape index (κ2) is 6.58. The normalized spacial score (nSPS) is 10.9. The van der Waals surface area contributed by atoms with Crippen LogP contribution in [0.4, 0.5) is 8.78 Å². The van der Waals surface area contributed by atoms with Gasteiger partial charge in [-0.15, -0.1) is 11.3 Å². The molecule has 2 rings (SSSR count). The third-order valence-corrected chi connectivity index (χ3v) is 3.43. The Labute approximate surface area is 114 Å². The summed E-state index contributed by atoms with van der Waals surface area (Å²) in [5.74, 6) is 0.146. The number of nitrogens with zero attached hydrogens (tertiary/aromatic N) is 1. The van der Waals surface area contributed by atoms with Gasteiger partial charge in [-0.2, -0.15) is 8.78 Å². The van der Waals surface area contributed by atoms with Crippen LogP contribution in [0.25, 0.3) is 11.3 Å². The van der Waals surface area contributed by atoms with Crippen LogP contribution in [-0.2, 0) is 6.42 Å². The predicted octanol–water partition coefficient (Wildman–Crippen LogP) is 3.30. The molecule has 19 heavy (non-hydrogen) atoms. The maximum absolute atomic E-state index is 12.3. The van der Waals surface area contributed by atoms with E-state index in [1.165, 1.54) is 17.4 Å². The number of alkyl halides is 2. The minimum absolute atomic E-state index is 0.146. The molecular weight excluding hydrogens is 270 g/mol. The number of aryl methyl sites for hydroxylation is 1. The van der Waals surface area contributed by atoms with Gasteiger partial charge in [-0.3, -0.25) is 0 Å². The molecule has 0 amide bonds. The van der Waals surface area contributed by atoms with Gasteiger partial charge >= 0.3 is 6.61 Å². The van der Waals surface area contributed by atoms with E-state index in [2.05, 4.69) is 9.72 Å². The Morgan fingerprint density at radius 2 is 2.11 bits per heavy atom. The van der Waals surface area contributed by atoms with Crippen LogP contribution >= 0.6 is 11.3 Å². The zero-order valence-corrected chi connectivity index (χ0v) is 11.0. The molecule has 0 unspecified atom stereocenters. The summed E-state index contributed by atoms with van der Waals surface area (Å²) in [6.07, 6.45) is 1.67. The molecule has 0 aliphatic rings. The molecule has 0 radical (unpaired) electrons. The van der Waals surface area contributed by atoms with Crippen molar-refractivity contribution >= 4 is 11.3 Å². The molecule has 102 valence electrons. The Hall–Kier alpha value is -1.53. The van der Waals surface area contributed by atoms with Crippen LogP contribution in [0.15, 0.2) is 29.6 Å². The molecule has 1 heterocycles. The van der Waals surface area contributed by atoms with Crippen LogP contribution in [-0.4, -0.2) is 18.1 Å². The highest BCUT2D eigenvalue weighted by Gasteiger charge is 2.13. The molecule has 0 saturated heterocycles. The summed E-state index contributed by atoms with van der Waals surface area (Å²) >= 11 is 1.50. The summed E-state index contributed by atoms with van der Waals surface area (Å²) in [6.45, 7) is -2.23. The fourth-order valence-electron chi connectivity index (χ4n) is 1.68. The lowest BCUT2D eigenvalue weighted by Gasteiger charge is -2.08. The Bertz CT molecular complexity index is 531. The standard InChI is InChI=1S/C13H14F2N2OS/c14-13(15)18-11-5-2-1-4-9(11)10-8-19-12(17-10)6-3-7-16/h1-2,4-5,8,13H,3,6-7,16H2. The van der Waals surface area contributed by atoms with E-state index in [-0.39, 0.29) is 5.75 Å². The van der Waals surface area contributed by atoms with Gasteiger partial charge in [-0.05, 0) is 25.1 Å². The van der Waals surface area contributed by atoms with E-state index in [4.69, 9.17) is 5.73 Å². The molecule has 6 heteroatoms. The molecule has 0 spiro atoms. The molecule has 0 aliphatic heterocycles. The van der Waals surface area contributed by atoms with E-state index >= 15 is 0 Å². The van der Waals surface area contributed by atoms with Crippen LogP contribution in [0, 0.1) is 0 Å². The summed E-state index contributed by atoms with van der Waals surface area (Å²) < 4.78 is 29.2. The number of hydrogen-bond donors (Lipinski definition) is 1. The third kappa shape index (κ3) is 3.71. The van der Waals surface area contributed by atoms with E-state index in [0.29, 0.717) is 17.8 Å². The van der Waals surface area contributed by atoms with E-state index in [1.54, 1.807) is 18.2 Å². The first-order valence-corrected chi connectivity index (χ1v) is 6.77. The molecule has 3 nitrogen and oxygen atoms in total. The first-order chi connectivity index (χ1) is 9.20. The fraction of sp³-hybridized carbons (Fsp3) is 0.308. The molecule has 0 atom stereocenters. The van der Waals surface area contributed by atoms with Crippen LogP contribution in [0.5, 0.6) is 5.75 Å². The number of thiazole rings is 1. The maximum atomic E-state index is 12.3. The summed E-state index contributed by atoms with van der Waals surface area (Å²) in [5.41, 5.74) is 6.69. The van der Waals surface area contributed by atoms with E-state index in [9.17, 15) is 8.78 Å². The number of hydrogen-bond acceptors (Lipinski definition) is 4. The smallest absolute Gasteiger partial charge is 0.387 e. The van der Waals surface area contributed by atoms with Crippen LogP contribution in [0.3, 0.4) is 0 Å². The van der Waals surface area contributed by atoms with Crippen LogP contribution in [0.2, 0.25) is 0 Å². The molecule has 0 bridgehead atoms. The largest absolute Gasteiger partial charge is 0.434 e. The Balaban J connectivity index is 2.23. The number of benzene rings is 1. The van der Waals surface area contributed by atoms with Crippen molar-refractivity contribution in [2.24, 2.45) is 5.73 Å².